The highest BCUT2D eigenvalue weighted by Crippen LogP contribution is 2.25. The SMILES string of the molecule is CC(C)(C)c1ccc(C(N)Cc2ccc(Cl)cc2F)cc1. The zero-order valence-electron chi connectivity index (χ0n) is 12.7. The van der Waals surface area contributed by atoms with E-state index < -0.39 is 0 Å². The number of hydrogen-bond acceptors (Lipinski definition) is 1. The predicted octanol–water partition coefficient (Wildman–Crippen LogP) is 5.02. The summed E-state index contributed by atoms with van der Waals surface area (Å²) in [6, 6.07) is 12.7. The first-order valence-corrected chi connectivity index (χ1v) is 7.45. The Morgan fingerprint density at radius 3 is 2.24 bits per heavy atom. The van der Waals surface area contributed by atoms with Crippen LogP contribution in [0.1, 0.15) is 43.5 Å². The van der Waals surface area contributed by atoms with Crippen molar-refractivity contribution in [2.75, 3.05) is 0 Å². The molecule has 2 N–H and O–H groups in total. The van der Waals surface area contributed by atoms with Crippen molar-refractivity contribution in [3.8, 4) is 0 Å². The van der Waals surface area contributed by atoms with Crippen LogP contribution in [0.5, 0.6) is 0 Å². The molecule has 1 atom stereocenters. The summed E-state index contributed by atoms with van der Waals surface area (Å²) in [7, 11) is 0. The lowest BCUT2D eigenvalue weighted by molar-refractivity contribution is 0.586. The summed E-state index contributed by atoms with van der Waals surface area (Å²) in [6.45, 7) is 6.51. The van der Waals surface area contributed by atoms with E-state index >= 15 is 0 Å². The van der Waals surface area contributed by atoms with Crippen LogP contribution in [0.3, 0.4) is 0 Å². The zero-order valence-corrected chi connectivity index (χ0v) is 13.4. The highest BCUT2D eigenvalue weighted by molar-refractivity contribution is 6.30. The minimum Gasteiger partial charge on any atom is -0.324 e. The van der Waals surface area contributed by atoms with Crippen LogP contribution in [0, 0.1) is 5.82 Å². The third-order valence-electron chi connectivity index (χ3n) is 3.66. The fraction of sp³-hybridized carbons (Fsp3) is 0.333. The van der Waals surface area contributed by atoms with E-state index in [1.807, 2.05) is 12.1 Å². The molecule has 0 saturated carbocycles. The molecule has 0 aromatic heterocycles. The molecular formula is C18H21ClFN. The summed E-state index contributed by atoms with van der Waals surface area (Å²) in [5, 5.41) is 0.402. The maximum Gasteiger partial charge on any atom is 0.127 e. The summed E-state index contributed by atoms with van der Waals surface area (Å²) in [4.78, 5) is 0. The number of halogens is 2. The van der Waals surface area contributed by atoms with Gasteiger partial charge in [0, 0.05) is 11.1 Å². The number of nitrogens with two attached hydrogens (primary N) is 1. The van der Waals surface area contributed by atoms with Crippen molar-refractivity contribution in [1.29, 1.82) is 0 Å². The van der Waals surface area contributed by atoms with Gasteiger partial charge in [-0.25, -0.2) is 4.39 Å². The summed E-state index contributed by atoms with van der Waals surface area (Å²) < 4.78 is 13.8. The van der Waals surface area contributed by atoms with Crippen LogP contribution in [-0.4, -0.2) is 0 Å². The van der Waals surface area contributed by atoms with Crippen LogP contribution in [0.25, 0.3) is 0 Å². The van der Waals surface area contributed by atoms with Gasteiger partial charge in [0.25, 0.3) is 0 Å². The lowest BCUT2D eigenvalue weighted by Gasteiger charge is -2.20. The fourth-order valence-corrected chi connectivity index (χ4v) is 2.43. The molecule has 2 aromatic rings. The smallest absolute Gasteiger partial charge is 0.127 e. The van der Waals surface area contributed by atoms with Gasteiger partial charge < -0.3 is 5.73 Å². The van der Waals surface area contributed by atoms with Crippen LogP contribution < -0.4 is 5.73 Å². The Bertz CT molecular complexity index is 614. The van der Waals surface area contributed by atoms with E-state index in [2.05, 4.69) is 32.9 Å². The second-order valence-electron chi connectivity index (χ2n) is 6.42. The van der Waals surface area contributed by atoms with E-state index in [0.717, 1.165) is 5.56 Å². The topological polar surface area (TPSA) is 26.0 Å². The van der Waals surface area contributed by atoms with Crippen molar-refractivity contribution in [2.45, 2.75) is 38.6 Å². The fourth-order valence-electron chi connectivity index (χ4n) is 2.27. The Kier molecular flexibility index (Phi) is 4.70. The van der Waals surface area contributed by atoms with Crippen LogP contribution in [0.15, 0.2) is 42.5 Å². The van der Waals surface area contributed by atoms with Gasteiger partial charge in [-0.05, 0) is 40.7 Å². The molecule has 0 radical (unpaired) electrons. The molecule has 21 heavy (non-hydrogen) atoms. The molecule has 0 aliphatic heterocycles. The molecule has 2 aromatic carbocycles. The molecule has 0 heterocycles. The van der Waals surface area contributed by atoms with Gasteiger partial charge in [-0.1, -0.05) is 62.7 Å². The Morgan fingerprint density at radius 1 is 1.10 bits per heavy atom. The van der Waals surface area contributed by atoms with E-state index in [1.165, 1.54) is 11.6 Å². The first kappa shape index (κ1) is 16.0. The van der Waals surface area contributed by atoms with Crippen molar-refractivity contribution in [3.05, 3.63) is 70.0 Å². The molecular weight excluding hydrogens is 285 g/mol. The Hall–Kier alpha value is -1.38. The molecule has 0 aliphatic rings. The maximum absolute atomic E-state index is 13.8. The number of hydrogen-bond donors (Lipinski definition) is 1. The van der Waals surface area contributed by atoms with Crippen molar-refractivity contribution < 1.29 is 4.39 Å². The minimum atomic E-state index is -0.302. The van der Waals surface area contributed by atoms with E-state index in [9.17, 15) is 4.39 Å². The Morgan fingerprint density at radius 2 is 1.71 bits per heavy atom. The highest BCUT2D eigenvalue weighted by Gasteiger charge is 2.15. The van der Waals surface area contributed by atoms with Gasteiger partial charge in [-0.3, -0.25) is 0 Å². The first-order chi connectivity index (χ1) is 9.77. The van der Waals surface area contributed by atoms with Crippen LogP contribution in [-0.2, 0) is 11.8 Å². The molecule has 2 rings (SSSR count). The molecule has 0 amide bonds. The van der Waals surface area contributed by atoms with Gasteiger partial charge >= 0.3 is 0 Å². The van der Waals surface area contributed by atoms with Crippen molar-refractivity contribution in [3.63, 3.8) is 0 Å². The van der Waals surface area contributed by atoms with E-state index in [0.29, 0.717) is 17.0 Å². The summed E-state index contributed by atoms with van der Waals surface area (Å²) in [5.74, 6) is -0.302. The third kappa shape index (κ3) is 4.05. The van der Waals surface area contributed by atoms with Crippen molar-refractivity contribution >= 4 is 11.6 Å². The first-order valence-electron chi connectivity index (χ1n) is 7.07. The minimum absolute atomic E-state index is 0.116. The number of benzene rings is 2. The summed E-state index contributed by atoms with van der Waals surface area (Å²) in [5.41, 5.74) is 9.17. The Labute approximate surface area is 130 Å². The van der Waals surface area contributed by atoms with Crippen molar-refractivity contribution in [1.82, 2.24) is 0 Å². The standard InChI is InChI=1S/C18H21ClFN/c1-18(2,3)14-7-4-12(5-8-14)17(21)10-13-6-9-15(19)11-16(13)20/h4-9,11,17H,10,21H2,1-3H3. The third-order valence-corrected chi connectivity index (χ3v) is 3.89. The quantitative estimate of drug-likeness (QED) is 0.846. The molecule has 0 aliphatic carbocycles. The molecule has 112 valence electrons. The molecule has 0 saturated heterocycles. The normalized spacial score (nSPS) is 13.2. The van der Waals surface area contributed by atoms with Gasteiger partial charge in [-0.2, -0.15) is 0 Å². The monoisotopic (exact) mass is 305 g/mol. The molecule has 1 nitrogen and oxygen atoms in total. The van der Waals surface area contributed by atoms with Gasteiger partial charge in [0.15, 0.2) is 0 Å². The molecule has 1 unspecified atom stereocenters. The summed E-state index contributed by atoms with van der Waals surface area (Å²) >= 11 is 5.76. The van der Waals surface area contributed by atoms with Crippen LogP contribution in [0.4, 0.5) is 4.39 Å². The van der Waals surface area contributed by atoms with E-state index in [-0.39, 0.29) is 17.3 Å². The van der Waals surface area contributed by atoms with Gasteiger partial charge in [-0.15, -0.1) is 0 Å². The molecule has 0 bridgehead atoms. The average Bonchev–Trinajstić information content (AvgIpc) is 2.41. The van der Waals surface area contributed by atoms with Crippen LogP contribution in [0.2, 0.25) is 5.02 Å². The highest BCUT2D eigenvalue weighted by atomic mass is 35.5. The Balaban J connectivity index is 2.15. The lowest BCUT2D eigenvalue weighted by Crippen LogP contribution is -2.15. The number of rotatable bonds is 3. The van der Waals surface area contributed by atoms with E-state index in [4.69, 9.17) is 17.3 Å². The largest absolute Gasteiger partial charge is 0.324 e. The zero-order chi connectivity index (χ0) is 15.6. The summed E-state index contributed by atoms with van der Waals surface area (Å²) in [6.07, 6.45) is 0.456. The van der Waals surface area contributed by atoms with Crippen molar-refractivity contribution in [2.24, 2.45) is 5.73 Å². The molecule has 0 fully saturated rings. The second kappa shape index (κ2) is 6.17. The maximum atomic E-state index is 13.8. The second-order valence-corrected chi connectivity index (χ2v) is 6.85. The van der Waals surface area contributed by atoms with Gasteiger partial charge in [0.05, 0.1) is 0 Å². The predicted molar refractivity (Wildman–Crippen MR) is 87.2 cm³/mol. The van der Waals surface area contributed by atoms with Gasteiger partial charge in [0.2, 0.25) is 0 Å². The van der Waals surface area contributed by atoms with E-state index in [1.54, 1.807) is 12.1 Å². The lowest BCUT2D eigenvalue weighted by atomic mass is 9.86. The molecule has 0 spiro atoms. The average molecular weight is 306 g/mol. The van der Waals surface area contributed by atoms with Gasteiger partial charge in [0.1, 0.15) is 5.82 Å². The van der Waals surface area contributed by atoms with Crippen LogP contribution >= 0.6 is 11.6 Å². The molecule has 3 heteroatoms.